The zero-order valence-corrected chi connectivity index (χ0v) is 17.1. The van der Waals surface area contributed by atoms with Gasteiger partial charge in [-0.15, -0.1) is 11.3 Å². The minimum absolute atomic E-state index is 0.00568. The van der Waals surface area contributed by atoms with Crippen molar-refractivity contribution in [2.75, 3.05) is 23.3 Å². The standard InChI is InChI=1S/C19H16FN3O4S2/c1-11-7-13(20)4-6-17(11)29(25,26)22-19-21-14(10-28-19)12-3-5-16-15(8-12)23(2)18(24)9-27-16/h3-8,10H,9H2,1-2H3,(H,21,22). The van der Waals surface area contributed by atoms with Gasteiger partial charge in [-0.2, -0.15) is 0 Å². The third kappa shape index (κ3) is 3.68. The first-order chi connectivity index (χ1) is 13.7. The van der Waals surface area contributed by atoms with Gasteiger partial charge in [0.25, 0.3) is 15.9 Å². The number of thiazole rings is 1. The maximum Gasteiger partial charge on any atom is 0.264 e. The summed E-state index contributed by atoms with van der Waals surface area (Å²) in [5, 5.41) is 1.89. The van der Waals surface area contributed by atoms with Gasteiger partial charge in [-0.25, -0.2) is 17.8 Å². The van der Waals surface area contributed by atoms with Gasteiger partial charge < -0.3 is 9.64 Å². The molecule has 150 valence electrons. The Bertz CT molecular complexity index is 1220. The normalized spacial score (nSPS) is 13.8. The second-order valence-electron chi connectivity index (χ2n) is 6.48. The highest BCUT2D eigenvalue weighted by atomic mass is 32.2. The fourth-order valence-corrected chi connectivity index (χ4v) is 5.17. The van der Waals surface area contributed by atoms with Crippen molar-refractivity contribution in [2.24, 2.45) is 0 Å². The summed E-state index contributed by atoms with van der Waals surface area (Å²) in [5.74, 6) is -0.0624. The molecular formula is C19H16FN3O4S2. The average molecular weight is 433 g/mol. The van der Waals surface area contributed by atoms with Gasteiger partial charge in [0.2, 0.25) is 0 Å². The van der Waals surface area contributed by atoms with Crippen molar-refractivity contribution < 1.29 is 22.3 Å². The van der Waals surface area contributed by atoms with Crippen LogP contribution in [0.25, 0.3) is 11.3 Å². The van der Waals surface area contributed by atoms with Crippen molar-refractivity contribution in [3.8, 4) is 17.0 Å². The lowest BCUT2D eigenvalue weighted by molar-refractivity contribution is -0.120. The van der Waals surface area contributed by atoms with Gasteiger partial charge in [-0.05, 0) is 48.9 Å². The summed E-state index contributed by atoms with van der Waals surface area (Å²) in [6, 6.07) is 8.79. The number of nitrogens with one attached hydrogen (secondary N) is 1. The summed E-state index contributed by atoms with van der Waals surface area (Å²) in [5.41, 5.74) is 2.19. The molecule has 1 aliphatic rings. The van der Waals surface area contributed by atoms with Crippen LogP contribution >= 0.6 is 11.3 Å². The number of amides is 1. The van der Waals surface area contributed by atoms with Crippen LogP contribution < -0.4 is 14.4 Å². The monoisotopic (exact) mass is 433 g/mol. The fourth-order valence-electron chi connectivity index (χ4n) is 2.97. The van der Waals surface area contributed by atoms with Crippen LogP contribution in [0.1, 0.15) is 5.56 Å². The van der Waals surface area contributed by atoms with Crippen molar-refractivity contribution in [1.29, 1.82) is 0 Å². The molecule has 0 atom stereocenters. The lowest BCUT2D eigenvalue weighted by Crippen LogP contribution is -2.35. The summed E-state index contributed by atoms with van der Waals surface area (Å²) in [4.78, 5) is 17.7. The molecule has 7 nitrogen and oxygen atoms in total. The highest BCUT2D eigenvalue weighted by Gasteiger charge is 2.23. The molecule has 0 saturated heterocycles. The molecule has 0 saturated carbocycles. The Hall–Kier alpha value is -2.98. The van der Waals surface area contributed by atoms with E-state index in [0.717, 1.165) is 23.5 Å². The van der Waals surface area contributed by atoms with Crippen molar-refractivity contribution in [2.45, 2.75) is 11.8 Å². The minimum Gasteiger partial charge on any atom is -0.482 e. The second-order valence-corrected chi connectivity index (χ2v) is 8.99. The predicted octanol–water partition coefficient (Wildman–Crippen LogP) is 3.41. The van der Waals surface area contributed by atoms with Gasteiger partial charge in [0.1, 0.15) is 11.6 Å². The molecule has 3 aromatic rings. The number of hydrogen-bond acceptors (Lipinski definition) is 6. The Labute approximate surface area is 170 Å². The number of hydrogen-bond donors (Lipinski definition) is 1. The number of likely N-dealkylation sites (N-methyl/N-ethyl adjacent to an activating group) is 1. The number of carbonyl (C=O) groups is 1. The molecule has 2 aromatic carbocycles. The Kier molecular flexibility index (Phi) is 4.75. The predicted molar refractivity (Wildman–Crippen MR) is 108 cm³/mol. The van der Waals surface area contributed by atoms with E-state index in [9.17, 15) is 17.6 Å². The number of fused-ring (bicyclic) bond motifs is 1. The summed E-state index contributed by atoms with van der Waals surface area (Å²) in [6.07, 6.45) is 0. The van der Waals surface area contributed by atoms with Gasteiger partial charge in [-0.1, -0.05) is 0 Å². The number of halogens is 1. The number of nitrogens with zero attached hydrogens (tertiary/aromatic N) is 2. The van der Waals surface area contributed by atoms with E-state index >= 15 is 0 Å². The summed E-state index contributed by atoms with van der Waals surface area (Å²) in [7, 11) is -2.24. The van der Waals surface area contributed by atoms with E-state index in [2.05, 4.69) is 9.71 Å². The Balaban J connectivity index is 1.61. The zero-order valence-electron chi connectivity index (χ0n) is 15.5. The number of benzene rings is 2. The quantitative estimate of drug-likeness (QED) is 0.681. The number of ether oxygens (including phenoxy) is 1. The molecule has 0 radical (unpaired) electrons. The third-order valence-corrected chi connectivity index (χ3v) is 6.88. The molecule has 0 unspecified atom stereocenters. The lowest BCUT2D eigenvalue weighted by Gasteiger charge is -2.26. The van der Waals surface area contributed by atoms with Crippen molar-refractivity contribution in [3.63, 3.8) is 0 Å². The van der Waals surface area contributed by atoms with Crippen LogP contribution in [0.4, 0.5) is 15.2 Å². The van der Waals surface area contributed by atoms with E-state index in [1.54, 1.807) is 30.6 Å². The molecule has 2 heterocycles. The Morgan fingerprint density at radius 3 is 2.79 bits per heavy atom. The lowest BCUT2D eigenvalue weighted by atomic mass is 10.1. The molecule has 1 aliphatic heterocycles. The first-order valence-electron chi connectivity index (χ1n) is 8.53. The molecular weight excluding hydrogens is 417 g/mol. The molecule has 0 aliphatic carbocycles. The van der Waals surface area contributed by atoms with Gasteiger partial charge in [0.05, 0.1) is 16.3 Å². The van der Waals surface area contributed by atoms with E-state index in [1.807, 2.05) is 0 Å². The van der Waals surface area contributed by atoms with Crippen LogP contribution in [-0.4, -0.2) is 33.0 Å². The zero-order chi connectivity index (χ0) is 20.8. The minimum atomic E-state index is -3.90. The van der Waals surface area contributed by atoms with E-state index in [0.29, 0.717) is 28.3 Å². The molecule has 1 amide bonds. The van der Waals surface area contributed by atoms with Crippen LogP contribution in [-0.2, 0) is 14.8 Å². The van der Waals surface area contributed by atoms with E-state index in [1.165, 1.54) is 17.9 Å². The maximum absolute atomic E-state index is 13.3. The van der Waals surface area contributed by atoms with Gasteiger partial charge in [0.15, 0.2) is 11.7 Å². The molecule has 0 bridgehead atoms. The number of anilines is 2. The second kappa shape index (κ2) is 7.12. The van der Waals surface area contributed by atoms with E-state index < -0.39 is 15.8 Å². The van der Waals surface area contributed by atoms with Gasteiger partial charge in [0, 0.05) is 18.0 Å². The molecule has 1 N–H and O–H groups in total. The summed E-state index contributed by atoms with van der Waals surface area (Å²) in [6.45, 7) is 1.52. The first-order valence-corrected chi connectivity index (χ1v) is 10.9. The molecule has 10 heteroatoms. The van der Waals surface area contributed by atoms with Gasteiger partial charge in [-0.3, -0.25) is 9.52 Å². The first kappa shape index (κ1) is 19.3. The van der Waals surface area contributed by atoms with Crippen molar-refractivity contribution >= 4 is 38.1 Å². The highest BCUT2D eigenvalue weighted by Crippen LogP contribution is 2.36. The molecule has 4 rings (SSSR count). The molecule has 29 heavy (non-hydrogen) atoms. The average Bonchev–Trinajstić information content (AvgIpc) is 3.12. The van der Waals surface area contributed by atoms with Crippen LogP contribution in [0, 0.1) is 12.7 Å². The van der Waals surface area contributed by atoms with Crippen LogP contribution in [0.2, 0.25) is 0 Å². The van der Waals surface area contributed by atoms with E-state index in [-0.39, 0.29) is 22.5 Å². The maximum atomic E-state index is 13.3. The SMILES string of the molecule is Cc1cc(F)ccc1S(=O)(=O)Nc1nc(-c2ccc3c(c2)N(C)C(=O)CO3)cs1. The molecule has 1 aromatic heterocycles. The van der Waals surface area contributed by atoms with Crippen molar-refractivity contribution in [3.05, 3.63) is 53.2 Å². The van der Waals surface area contributed by atoms with Crippen LogP contribution in [0.5, 0.6) is 5.75 Å². The number of aromatic nitrogens is 1. The van der Waals surface area contributed by atoms with Gasteiger partial charge >= 0.3 is 0 Å². The summed E-state index contributed by atoms with van der Waals surface area (Å²) < 4.78 is 46.4. The summed E-state index contributed by atoms with van der Waals surface area (Å²) >= 11 is 1.13. The Morgan fingerprint density at radius 1 is 1.24 bits per heavy atom. The Morgan fingerprint density at radius 2 is 2.03 bits per heavy atom. The molecule has 0 spiro atoms. The molecule has 0 fully saturated rings. The van der Waals surface area contributed by atoms with E-state index in [4.69, 9.17) is 4.74 Å². The topological polar surface area (TPSA) is 88.6 Å². The highest BCUT2D eigenvalue weighted by molar-refractivity contribution is 7.93. The van der Waals surface area contributed by atoms with Crippen LogP contribution in [0.3, 0.4) is 0 Å². The number of carbonyl (C=O) groups excluding carboxylic acids is 1. The number of sulfonamides is 1. The smallest absolute Gasteiger partial charge is 0.264 e. The number of aryl methyl sites for hydroxylation is 1. The van der Waals surface area contributed by atoms with Crippen LogP contribution in [0.15, 0.2) is 46.7 Å². The number of rotatable bonds is 4. The third-order valence-electron chi connectivity index (χ3n) is 4.49. The largest absolute Gasteiger partial charge is 0.482 e. The fraction of sp³-hybridized carbons (Fsp3) is 0.158. The van der Waals surface area contributed by atoms with Crippen molar-refractivity contribution in [1.82, 2.24) is 4.98 Å².